The van der Waals surface area contributed by atoms with Crippen molar-refractivity contribution in [3.05, 3.63) is 69.8 Å². The van der Waals surface area contributed by atoms with Gasteiger partial charge in [-0.25, -0.2) is 4.39 Å². The first-order valence-corrected chi connectivity index (χ1v) is 9.54. The average molecular weight is 365 g/mol. The topological polar surface area (TPSA) is 42.2 Å². The van der Waals surface area contributed by atoms with E-state index in [0.717, 1.165) is 31.2 Å². The number of phenolic OH excluding ortho intramolecular Hbond substituents is 1. The predicted octanol–water partition coefficient (Wildman–Crippen LogP) is 5.37. The Hall–Kier alpha value is -2.62. The lowest BCUT2D eigenvalue weighted by Crippen LogP contribution is -2.25. The lowest BCUT2D eigenvalue weighted by Gasteiger charge is -2.34. The minimum atomic E-state index is -0.388. The van der Waals surface area contributed by atoms with Gasteiger partial charge in [0.05, 0.1) is 11.2 Å². The second-order valence-electron chi connectivity index (χ2n) is 8.01. The molecule has 1 aliphatic carbocycles. The number of rotatable bonds is 2. The van der Waals surface area contributed by atoms with Crippen LogP contribution in [0.3, 0.4) is 0 Å². The van der Waals surface area contributed by atoms with E-state index in [1.807, 2.05) is 19.1 Å². The van der Waals surface area contributed by atoms with Gasteiger partial charge in [0.2, 0.25) is 0 Å². The van der Waals surface area contributed by atoms with Crippen LogP contribution in [-0.2, 0) is 5.41 Å². The normalized spacial score (nSPS) is 16.6. The van der Waals surface area contributed by atoms with Crippen LogP contribution in [0.1, 0.15) is 50.2 Å². The molecule has 1 saturated carbocycles. The Morgan fingerprint density at radius 1 is 1.07 bits per heavy atom. The van der Waals surface area contributed by atoms with Crippen LogP contribution in [-0.4, -0.2) is 9.67 Å². The zero-order valence-corrected chi connectivity index (χ0v) is 15.8. The molecule has 0 amide bonds. The summed E-state index contributed by atoms with van der Waals surface area (Å²) in [5, 5.41) is 11.3. The molecule has 140 valence electrons. The second kappa shape index (κ2) is 6.52. The summed E-state index contributed by atoms with van der Waals surface area (Å²) in [4.78, 5) is 12.2. The van der Waals surface area contributed by atoms with E-state index < -0.39 is 0 Å². The summed E-state index contributed by atoms with van der Waals surface area (Å²) in [6.07, 6.45) is 6.88. The van der Waals surface area contributed by atoms with Gasteiger partial charge in [-0.2, -0.15) is 0 Å². The quantitative estimate of drug-likeness (QED) is 0.664. The molecule has 1 heterocycles. The first-order chi connectivity index (χ1) is 12.9. The number of aromatic hydroxyl groups is 1. The highest BCUT2D eigenvalue weighted by molar-refractivity contribution is 5.81. The summed E-state index contributed by atoms with van der Waals surface area (Å²) in [5.41, 5.74) is 2.27. The van der Waals surface area contributed by atoms with Gasteiger partial charge in [-0.15, -0.1) is 0 Å². The van der Waals surface area contributed by atoms with Crippen LogP contribution in [0.2, 0.25) is 0 Å². The second-order valence-corrected chi connectivity index (χ2v) is 8.01. The molecule has 4 heteroatoms. The van der Waals surface area contributed by atoms with Crippen LogP contribution in [0, 0.1) is 12.7 Å². The SMILES string of the molecule is Cc1ccc2c(=O)ccn(-c3cc(O)c(C4(C)CCCCC4)cc3F)c2c1. The number of aryl methyl sites for hydroxylation is 1. The Morgan fingerprint density at radius 2 is 1.81 bits per heavy atom. The summed E-state index contributed by atoms with van der Waals surface area (Å²) in [5.74, 6) is -0.267. The van der Waals surface area contributed by atoms with E-state index in [9.17, 15) is 9.90 Å². The first kappa shape index (κ1) is 17.8. The highest BCUT2D eigenvalue weighted by Crippen LogP contribution is 2.43. The molecule has 0 atom stereocenters. The lowest BCUT2D eigenvalue weighted by atomic mass is 9.70. The van der Waals surface area contributed by atoms with Crippen molar-refractivity contribution < 1.29 is 9.50 Å². The summed E-state index contributed by atoms with van der Waals surface area (Å²) in [6.45, 7) is 4.04. The largest absolute Gasteiger partial charge is 0.508 e. The van der Waals surface area contributed by atoms with Crippen molar-refractivity contribution in [2.24, 2.45) is 0 Å². The maximum atomic E-state index is 15.2. The zero-order valence-electron chi connectivity index (χ0n) is 15.8. The van der Waals surface area contributed by atoms with Crippen LogP contribution in [0.15, 0.2) is 47.4 Å². The third-order valence-electron chi connectivity index (χ3n) is 5.99. The Morgan fingerprint density at radius 3 is 2.56 bits per heavy atom. The molecule has 0 spiro atoms. The fourth-order valence-corrected chi connectivity index (χ4v) is 4.39. The van der Waals surface area contributed by atoms with E-state index in [4.69, 9.17) is 0 Å². The minimum Gasteiger partial charge on any atom is -0.508 e. The predicted molar refractivity (Wildman–Crippen MR) is 106 cm³/mol. The molecule has 3 nitrogen and oxygen atoms in total. The van der Waals surface area contributed by atoms with Gasteiger partial charge >= 0.3 is 0 Å². The van der Waals surface area contributed by atoms with Crippen molar-refractivity contribution in [3.63, 3.8) is 0 Å². The number of fused-ring (bicyclic) bond motifs is 1. The molecule has 27 heavy (non-hydrogen) atoms. The van der Waals surface area contributed by atoms with Gasteiger partial charge in [-0.05, 0) is 48.9 Å². The lowest BCUT2D eigenvalue weighted by molar-refractivity contribution is 0.307. The molecule has 1 aromatic heterocycles. The Labute approximate surface area is 158 Å². The first-order valence-electron chi connectivity index (χ1n) is 9.54. The number of nitrogens with zero attached hydrogens (tertiary/aromatic N) is 1. The smallest absolute Gasteiger partial charge is 0.189 e. The van der Waals surface area contributed by atoms with Gasteiger partial charge in [0.25, 0.3) is 0 Å². The molecular formula is C23H24FNO2. The van der Waals surface area contributed by atoms with Crippen molar-refractivity contribution in [2.45, 2.75) is 51.4 Å². The van der Waals surface area contributed by atoms with E-state index in [1.54, 1.807) is 16.8 Å². The summed E-state index contributed by atoms with van der Waals surface area (Å²) >= 11 is 0. The van der Waals surface area contributed by atoms with E-state index in [2.05, 4.69) is 6.92 Å². The molecule has 0 unspecified atom stereocenters. The van der Waals surface area contributed by atoms with E-state index >= 15 is 4.39 Å². The Bertz CT molecular complexity index is 1080. The number of halogens is 1. The summed E-state index contributed by atoms with van der Waals surface area (Å²) in [7, 11) is 0. The monoisotopic (exact) mass is 365 g/mol. The van der Waals surface area contributed by atoms with Crippen molar-refractivity contribution >= 4 is 10.9 Å². The van der Waals surface area contributed by atoms with Crippen molar-refractivity contribution in [2.75, 3.05) is 0 Å². The van der Waals surface area contributed by atoms with Gasteiger partial charge < -0.3 is 9.67 Å². The van der Waals surface area contributed by atoms with Gasteiger partial charge in [-0.3, -0.25) is 4.79 Å². The molecule has 0 bridgehead atoms. The van der Waals surface area contributed by atoms with Gasteiger partial charge in [0.15, 0.2) is 5.43 Å². The molecule has 0 saturated heterocycles. The third-order valence-corrected chi connectivity index (χ3v) is 5.99. The molecule has 0 radical (unpaired) electrons. The molecule has 1 fully saturated rings. The highest BCUT2D eigenvalue weighted by atomic mass is 19.1. The van der Waals surface area contributed by atoms with E-state index in [1.165, 1.54) is 24.6 Å². The number of benzene rings is 2. The highest BCUT2D eigenvalue weighted by Gasteiger charge is 2.32. The summed E-state index contributed by atoms with van der Waals surface area (Å²) < 4.78 is 16.8. The molecular weight excluding hydrogens is 341 g/mol. The van der Waals surface area contributed by atoms with Gasteiger partial charge in [0, 0.05) is 29.3 Å². The van der Waals surface area contributed by atoms with E-state index in [-0.39, 0.29) is 28.1 Å². The fraction of sp³-hybridized carbons (Fsp3) is 0.348. The minimum absolute atomic E-state index is 0.0998. The van der Waals surface area contributed by atoms with Gasteiger partial charge in [0.1, 0.15) is 11.6 Å². The molecule has 3 aromatic rings. The zero-order chi connectivity index (χ0) is 19.2. The fourth-order valence-electron chi connectivity index (χ4n) is 4.39. The maximum absolute atomic E-state index is 15.2. The molecule has 0 aliphatic heterocycles. The number of hydrogen-bond acceptors (Lipinski definition) is 2. The standard InChI is InChI=1S/C23H24FNO2/c1-15-6-7-16-19(12-15)25(11-8-21(16)26)20-14-22(27)17(13-18(20)24)23(2)9-4-3-5-10-23/h6-8,11-14,27H,3-5,9-10H2,1-2H3. The molecule has 1 aliphatic rings. The Kier molecular flexibility index (Phi) is 4.29. The van der Waals surface area contributed by atoms with E-state index in [0.29, 0.717) is 16.5 Å². The van der Waals surface area contributed by atoms with Crippen LogP contribution < -0.4 is 5.43 Å². The number of hydrogen-bond donors (Lipinski definition) is 1. The van der Waals surface area contributed by atoms with Crippen LogP contribution >= 0.6 is 0 Å². The number of aromatic nitrogens is 1. The Balaban J connectivity index is 1.90. The molecule has 4 rings (SSSR count). The number of phenols is 1. The number of pyridine rings is 1. The van der Waals surface area contributed by atoms with Crippen molar-refractivity contribution in [3.8, 4) is 11.4 Å². The van der Waals surface area contributed by atoms with Crippen LogP contribution in [0.5, 0.6) is 5.75 Å². The van der Waals surface area contributed by atoms with Crippen molar-refractivity contribution in [1.29, 1.82) is 0 Å². The maximum Gasteiger partial charge on any atom is 0.189 e. The van der Waals surface area contributed by atoms with Crippen LogP contribution in [0.4, 0.5) is 4.39 Å². The van der Waals surface area contributed by atoms with Gasteiger partial charge in [-0.1, -0.05) is 32.3 Å². The molecule has 1 N–H and O–H groups in total. The summed E-state index contributed by atoms with van der Waals surface area (Å²) in [6, 6.07) is 9.91. The van der Waals surface area contributed by atoms with Crippen LogP contribution in [0.25, 0.3) is 16.6 Å². The third kappa shape index (κ3) is 3.03. The van der Waals surface area contributed by atoms with Crippen molar-refractivity contribution in [1.82, 2.24) is 4.57 Å². The average Bonchev–Trinajstić information content (AvgIpc) is 2.64. The molecule has 2 aromatic carbocycles.